The number of isocyanates is 1. The Morgan fingerprint density at radius 3 is 2.56 bits per heavy atom. The summed E-state index contributed by atoms with van der Waals surface area (Å²) in [5, 5.41) is 10.4. The van der Waals surface area contributed by atoms with Gasteiger partial charge in [-0.3, -0.25) is 0 Å². The lowest BCUT2D eigenvalue weighted by Gasteiger charge is -2.10. The van der Waals surface area contributed by atoms with Gasteiger partial charge in [-0.05, 0) is 18.6 Å². The average Bonchev–Trinajstić information content (AvgIpc) is 2.36. The summed E-state index contributed by atoms with van der Waals surface area (Å²) in [6.45, 7) is 1.80. The average molecular weight is 260 g/mol. The Bertz CT molecular complexity index is 646. The van der Waals surface area contributed by atoms with Gasteiger partial charge in [-0.25, -0.2) is 4.79 Å². The van der Waals surface area contributed by atoms with Crippen LogP contribution < -0.4 is 0 Å². The molecule has 90 valence electrons. The van der Waals surface area contributed by atoms with Gasteiger partial charge in [0.25, 0.3) is 0 Å². The third-order valence-corrected chi connectivity index (χ3v) is 2.98. The fourth-order valence-electron chi connectivity index (χ4n) is 1.77. The lowest BCUT2D eigenvalue weighted by atomic mass is 10.0. The highest BCUT2D eigenvalue weighted by atomic mass is 35.5. The van der Waals surface area contributed by atoms with Crippen LogP contribution in [0.5, 0.6) is 5.75 Å². The van der Waals surface area contributed by atoms with E-state index >= 15 is 0 Å². The lowest BCUT2D eigenvalue weighted by Crippen LogP contribution is -1.84. The van der Waals surface area contributed by atoms with E-state index in [2.05, 4.69) is 4.99 Å². The molecule has 0 aromatic heterocycles. The molecule has 2 rings (SSSR count). The molecule has 0 heterocycles. The monoisotopic (exact) mass is 259 g/mol. The van der Waals surface area contributed by atoms with Crippen LogP contribution >= 0.6 is 11.6 Å². The SMILES string of the molecule is Cc1cccc(-c2cccc(Cl)c2N=C=O)c1O. The Labute approximate surface area is 109 Å². The van der Waals surface area contributed by atoms with Crippen LogP contribution in [0.15, 0.2) is 41.4 Å². The van der Waals surface area contributed by atoms with E-state index in [9.17, 15) is 9.90 Å². The number of hydrogen-bond donors (Lipinski definition) is 1. The number of halogens is 1. The topological polar surface area (TPSA) is 49.7 Å². The number of hydrogen-bond acceptors (Lipinski definition) is 3. The third kappa shape index (κ3) is 2.14. The minimum atomic E-state index is 0.155. The fraction of sp³-hybridized carbons (Fsp3) is 0.0714. The molecular weight excluding hydrogens is 250 g/mol. The molecule has 3 nitrogen and oxygen atoms in total. The van der Waals surface area contributed by atoms with Gasteiger partial charge >= 0.3 is 0 Å². The Hall–Kier alpha value is -2.09. The van der Waals surface area contributed by atoms with Crippen molar-refractivity contribution in [3.63, 3.8) is 0 Å². The first-order valence-corrected chi connectivity index (χ1v) is 5.68. The first kappa shape index (κ1) is 12.4. The molecule has 0 atom stereocenters. The molecule has 0 fully saturated rings. The molecule has 2 aromatic rings. The molecule has 18 heavy (non-hydrogen) atoms. The van der Waals surface area contributed by atoms with Gasteiger partial charge in [0.05, 0.1) is 5.02 Å². The molecule has 0 radical (unpaired) electrons. The predicted molar refractivity (Wildman–Crippen MR) is 71.1 cm³/mol. The minimum Gasteiger partial charge on any atom is -0.507 e. The number of aromatic hydroxyl groups is 1. The second-order valence-corrected chi connectivity index (χ2v) is 4.22. The molecule has 0 saturated carbocycles. The second-order valence-electron chi connectivity index (χ2n) is 3.81. The summed E-state index contributed by atoms with van der Waals surface area (Å²) in [5.74, 6) is 0.155. The maximum Gasteiger partial charge on any atom is 0.240 e. The van der Waals surface area contributed by atoms with E-state index in [-0.39, 0.29) is 5.75 Å². The molecule has 0 unspecified atom stereocenters. The molecule has 0 aliphatic rings. The van der Waals surface area contributed by atoms with E-state index in [1.807, 2.05) is 6.07 Å². The Balaban J connectivity index is 2.75. The maximum absolute atomic E-state index is 10.4. The maximum atomic E-state index is 10.4. The molecule has 4 heteroatoms. The summed E-state index contributed by atoms with van der Waals surface area (Å²) in [4.78, 5) is 14.1. The van der Waals surface area contributed by atoms with E-state index < -0.39 is 0 Å². The van der Waals surface area contributed by atoms with Crippen LogP contribution in [0.3, 0.4) is 0 Å². The van der Waals surface area contributed by atoms with Crippen LogP contribution in [0.1, 0.15) is 5.56 Å². The van der Waals surface area contributed by atoms with Crippen molar-refractivity contribution in [2.45, 2.75) is 6.92 Å². The first-order valence-electron chi connectivity index (χ1n) is 5.30. The summed E-state index contributed by atoms with van der Waals surface area (Å²) in [5.41, 5.74) is 2.25. The summed E-state index contributed by atoms with van der Waals surface area (Å²) < 4.78 is 0. The quantitative estimate of drug-likeness (QED) is 0.655. The van der Waals surface area contributed by atoms with Crippen molar-refractivity contribution in [1.82, 2.24) is 0 Å². The van der Waals surface area contributed by atoms with Gasteiger partial charge in [0.2, 0.25) is 6.08 Å². The molecular formula is C14H10ClNO2. The Morgan fingerprint density at radius 2 is 1.83 bits per heavy atom. The standard InChI is InChI=1S/C14H10ClNO2/c1-9-4-2-6-11(14(9)18)10-5-3-7-12(15)13(10)16-8-17/h2-7,18H,1H3. The van der Waals surface area contributed by atoms with E-state index in [1.54, 1.807) is 37.3 Å². The number of phenols is 1. The van der Waals surface area contributed by atoms with E-state index in [4.69, 9.17) is 11.6 Å². The van der Waals surface area contributed by atoms with Crippen LogP contribution in [-0.4, -0.2) is 11.2 Å². The zero-order valence-electron chi connectivity index (χ0n) is 9.64. The van der Waals surface area contributed by atoms with Crippen LogP contribution in [-0.2, 0) is 4.79 Å². The van der Waals surface area contributed by atoms with Crippen LogP contribution in [0.2, 0.25) is 5.02 Å². The molecule has 0 saturated heterocycles. The number of rotatable bonds is 2. The van der Waals surface area contributed by atoms with E-state index in [0.29, 0.717) is 21.8 Å². The van der Waals surface area contributed by atoms with Crippen LogP contribution in [0.4, 0.5) is 5.69 Å². The molecule has 0 amide bonds. The van der Waals surface area contributed by atoms with Crippen molar-refractivity contribution in [2.24, 2.45) is 4.99 Å². The lowest BCUT2D eigenvalue weighted by molar-refractivity contribution is 0.473. The van der Waals surface area contributed by atoms with Crippen LogP contribution in [0, 0.1) is 6.92 Å². The second kappa shape index (κ2) is 5.05. The zero-order valence-corrected chi connectivity index (χ0v) is 10.4. The molecule has 0 spiro atoms. The third-order valence-electron chi connectivity index (χ3n) is 2.67. The van der Waals surface area contributed by atoms with Gasteiger partial charge in [0.1, 0.15) is 11.4 Å². The number of benzene rings is 2. The van der Waals surface area contributed by atoms with Crippen molar-refractivity contribution < 1.29 is 9.90 Å². The van der Waals surface area contributed by atoms with Crippen molar-refractivity contribution in [2.75, 3.05) is 0 Å². The number of aliphatic imine (C=N–C) groups is 1. The van der Waals surface area contributed by atoms with Gasteiger partial charge in [-0.2, -0.15) is 4.99 Å². The van der Waals surface area contributed by atoms with Gasteiger partial charge in [-0.1, -0.05) is 41.9 Å². The van der Waals surface area contributed by atoms with Gasteiger partial charge in [0, 0.05) is 11.1 Å². The fourth-order valence-corrected chi connectivity index (χ4v) is 1.99. The Morgan fingerprint density at radius 1 is 1.17 bits per heavy atom. The normalized spacial score (nSPS) is 9.89. The number of nitrogens with zero attached hydrogens (tertiary/aromatic N) is 1. The molecule has 2 aromatic carbocycles. The van der Waals surface area contributed by atoms with E-state index in [0.717, 1.165) is 5.56 Å². The number of phenolic OH excluding ortho intramolecular Hbond substituents is 1. The number of aryl methyl sites for hydroxylation is 1. The van der Waals surface area contributed by atoms with Crippen molar-refractivity contribution in [3.8, 4) is 16.9 Å². The number of para-hydroxylation sites is 2. The number of carbonyl (C=O) groups excluding carboxylic acids is 1. The largest absolute Gasteiger partial charge is 0.507 e. The smallest absolute Gasteiger partial charge is 0.240 e. The van der Waals surface area contributed by atoms with E-state index in [1.165, 1.54) is 6.08 Å². The van der Waals surface area contributed by atoms with Gasteiger partial charge < -0.3 is 5.11 Å². The highest BCUT2D eigenvalue weighted by molar-refractivity contribution is 6.33. The van der Waals surface area contributed by atoms with Crippen molar-refractivity contribution in [1.29, 1.82) is 0 Å². The first-order chi connectivity index (χ1) is 8.65. The molecule has 0 aliphatic heterocycles. The molecule has 0 aliphatic carbocycles. The van der Waals surface area contributed by atoms with Gasteiger partial charge in [0.15, 0.2) is 0 Å². The molecule has 1 N–H and O–H groups in total. The highest BCUT2D eigenvalue weighted by Gasteiger charge is 2.12. The van der Waals surface area contributed by atoms with Crippen LogP contribution in [0.25, 0.3) is 11.1 Å². The van der Waals surface area contributed by atoms with Gasteiger partial charge in [-0.15, -0.1) is 0 Å². The highest BCUT2D eigenvalue weighted by Crippen LogP contribution is 2.40. The minimum absolute atomic E-state index is 0.155. The molecule has 0 bridgehead atoms. The summed E-state index contributed by atoms with van der Waals surface area (Å²) >= 11 is 6.00. The Kier molecular flexibility index (Phi) is 3.47. The summed E-state index contributed by atoms with van der Waals surface area (Å²) in [6.07, 6.45) is 1.48. The summed E-state index contributed by atoms with van der Waals surface area (Å²) in [7, 11) is 0. The summed E-state index contributed by atoms with van der Waals surface area (Å²) in [6, 6.07) is 10.5. The van der Waals surface area contributed by atoms with Crippen molar-refractivity contribution >= 4 is 23.4 Å². The van der Waals surface area contributed by atoms with Crippen molar-refractivity contribution in [3.05, 3.63) is 47.0 Å². The zero-order chi connectivity index (χ0) is 13.1. The predicted octanol–water partition coefficient (Wildman–Crippen LogP) is 3.99.